The first kappa shape index (κ1) is 24.0. The van der Waals surface area contributed by atoms with Crippen molar-refractivity contribution in [1.29, 1.82) is 0 Å². The highest BCUT2D eigenvalue weighted by atomic mass is 35.5. The number of nitrogens with zero attached hydrogens (tertiary/aromatic N) is 3. The minimum Gasteiger partial charge on any atom is -0.332 e. The van der Waals surface area contributed by atoms with Crippen molar-refractivity contribution < 1.29 is 4.79 Å². The third-order valence-electron chi connectivity index (χ3n) is 5.56. The third kappa shape index (κ3) is 5.21. The Bertz CT molecular complexity index is 1140. The van der Waals surface area contributed by atoms with Gasteiger partial charge in [0.1, 0.15) is 5.82 Å². The van der Waals surface area contributed by atoms with E-state index in [4.69, 9.17) is 16.6 Å². The van der Waals surface area contributed by atoms with Gasteiger partial charge >= 0.3 is 0 Å². The van der Waals surface area contributed by atoms with E-state index in [0.717, 1.165) is 12.8 Å². The van der Waals surface area contributed by atoms with Crippen molar-refractivity contribution in [3.05, 3.63) is 69.7 Å². The largest absolute Gasteiger partial charge is 0.332 e. The second-order valence-electron chi connectivity index (χ2n) is 8.58. The maximum Gasteiger partial charge on any atom is 0.266 e. The van der Waals surface area contributed by atoms with Gasteiger partial charge in [0.05, 0.1) is 22.6 Å². The highest BCUT2D eigenvalue weighted by Crippen LogP contribution is 2.28. The van der Waals surface area contributed by atoms with Gasteiger partial charge in [0, 0.05) is 18.0 Å². The molecular formula is C26H32ClN3O2. The molecule has 0 N–H and O–H groups in total. The highest BCUT2D eigenvalue weighted by molar-refractivity contribution is 6.30. The van der Waals surface area contributed by atoms with Crippen LogP contribution in [0.1, 0.15) is 65.2 Å². The van der Waals surface area contributed by atoms with Crippen molar-refractivity contribution in [2.75, 3.05) is 6.54 Å². The maximum absolute atomic E-state index is 13.6. The predicted molar refractivity (Wildman–Crippen MR) is 131 cm³/mol. The molecule has 0 aliphatic heterocycles. The molecule has 0 aliphatic rings. The zero-order valence-corrected chi connectivity index (χ0v) is 20.1. The second-order valence-corrected chi connectivity index (χ2v) is 9.01. The van der Waals surface area contributed by atoms with Gasteiger partial charge in [0.15, 0.2) is 0 Å². The molecule has 0 bridgehead atoms. The molecule has 2 aromatic carbocycles. The van der Waals surface area contributed by atoms with Crippen molar-refractivity contribution in [2.45, 2.75) is 59.4 Å². The maximum atomic E-state index is 13.6. The SMILES string of the molecule is CCCCC(=O)N(CC(C)C)C(CC)c1nc2ccccc2c(=O)n1-c1cccc(Cl)c1. The van der Waals surface area contributed by atoms with E-state index in [1.165, 1.54) is 0 Å². The van der Waals surface area contributed by atoms with E-state index in [1.54, 1.807) is 22.8 Å². The summed E-state index contributed by atoms with van der Waals surface area (Å²) in [4.78, 5) is 33.7. The van der Waals surface area contributed by atoms with Crippen LogP contribution in [0.5, 0.6) is 0 Å². The zero-order valence-electron chi connectivity index (χ0n) is 19.3. The summed E-state index contributed by atoms with van der Waals surface area (Å²) in [6.45, 7) is 8.93. The Labute approximate surface area is 195 Å². The molecule has 1 unspecified atom stereocenters. The molecule has 32 heavy (non-hydrogen) atoms. The van der Waals surface area contributed by atoms with Crippen molar-refractivity contribution in [3.63, 3.8) is 0 Å². The fraction of sp³-hybridized carbons (Fsp3) is 0.423. The monoisotopic (exact) mass is 453 g/mol. The van der Waals surface area contributed by atoms with Gasteiger partial charge in [-0.15, -0.1) is 0 Å². The van der Waals surface area contributed by atoms with Gasteiger partial charge in [-0.05, 0) is 49.1 Å². The Morgan fingerprint density at radius 2 is 1.88 bits per heavy atom. The van der Waals surface area contributed by atoms with E-state index in [9.17, 15) is 9.59 Å². The van der Waals surface area contributed by atoms with Crippen LogP contribution in [0, 0.1) is 5.92 Å². The average molecular weight is 454 g/mol. The molecule has 0 saturated heterocycles. The van der Waals surface area contributed by atoms with Crippen molar-refractivity contribution in [2.24, 2.45) is 5.92 Å². The van der Waals surface area contributed by atoms with E-state index >= 15 is 0 Å². The number of carbonyl (C=O) groups excluding carboxylic acids is 1. The molecule has 1 atom stereocenters. The lowest BCUT2D eigenvalue weighted by molar-refractivity contribution is -0.134. The van der Waals surface area contributed by atoms with E-state index in [-0.39, 0.29) is 17.5 Å². The summed E-state index contributed by atoms with van der Waals surface area (Å²) in [5.74, 6) is 0.970. The summed E-state index contributed by atoms with van der Waals surface area (Å²) >= 11 is 6.27. The standard InChI is InChI=1S/C26H32ClN3O2/c1-5-7-15-24(31)29(17-18(3)4)23(6-2)25-28-22-14-9-8-13-21(22)26(32)30(25)20-12-10-11-19(27)16-20/h8-14,16,18,23H,5-7,15,17H2,1-4H3. The van der Waals surface area contributed by atoms with Crippen molar-refractivity contribution in [3.8, 4) is 5.69 Å². The third-order valence-corrected chi connectivity index (χ3v) is 5.79. The Morgan fingerprint density at radius 3 is 2.53 bits per heavy atom. The molecule has 1 amide bonds. The zero-order chi connectivity index (χ0) is 23.3. The van der Waals surface area contributed by atoms with Gasteiger partial charge in [-0.2, -0.15) is 0 Å². The van der Waals surface area contributed by atoms with Crippen LogP contribution in [0.25, 0.3) is 16.6 Å². The van der Waals surface area contributed by atoms with Crippen LogP contribution >= 0.6 is 11.6 Å². The normalized spacial score (nSPS) is 12.3. The molecule has 3 aromatic rings. The molecule has 0 saturated carbocycles. The summed E-state index contributed by atoms with van der Waals surface area (Å²) in [6, 6.07) is 14.2. The molecule has 1 heterocycles. The second kappa shape index (κ2) is 10.8. The smallest absolute Gasteiger partial charge is 0.266 e. The van der Waals surface area contributed by atoms with E-state index in [0.29, 0.717) is 52.7 Å². The van der Waals surface area contributed by atoms with Crippen LogP contribution in [0.4, 0.5) is 0 Å². The number of fused-ring (bicyclic) bond motifs is 1. The predicted octanol–water partition coefficient (Wildman–Crippen LogP) is 6.17. The molecule has 6 heteroatoms. The Hall–Kier alpha value is -2.66. The molecule has 0 radical (unpaired) electrons. The average Bonchev–Trinajstić information content (AvgIpc) is 2.77. The van der Waals surface area contributed by atoms with Crippen molar-refractivity contribution in [1.82, 2.24) is 14.5 Å². The minimum atomic E-state index is -0.321. The molecule has 0 fully saturated rings. The molecular weight excluding hydrogens is 422 g/mol. The lowest BCUT2D eigenvalue weighted by atomic mass is 10.1. The number of unbranched alkanes of at least 4 members (excludes halogenated alkanes) is 1. The molecule has 1 aromatic heterocycles. The van der Waals surface area contributed by atoms with E-state index in [2.05, 4.69) is 20.8 Å². The number of aromatic nitrogens is 2. The minimum absolute atomic E-state index is 0.104. The van der Waals surface area contributed by atoms with Crippen LogP contribution < -0.4 is 5.56 Å². The quantitative estimate of drug-likeness (QED) is 0.389. The molecule has 3 rings (SSSR count). The van der Waals surface area contributed by atoms with Crippen LogP contribution in [-0.2, 0) is 4.79 Å². The van der Waals surface area contributed by atoms with Gasteiger partial charge in [0.25, 0.3) is 5.56 Å². The van der Waals surface area contributed by atoms with Crippen molar-refractivity contribution >= 4 is 28.4 Å². The van der Waals surface area contributed by atoms with Gasteiger partial charge in [-0.3, -0.25) is 14.2 Å². The number of carbonyl (C=O) groups is 1. The summed E-state index contributed by atoms with van der Waals surface area (Å²) in [6.07, 6.45) is 2.94. The van der Waals surface area contributed by atoms with Gasteiger partial charge in [-0.25, -0.2) is 4.98 Å². The molecule has 0 aliphatic carbocycles. The number of benzene rings is 2. The Kier molecular flexibility index (Phi) is 8.08. The molecule has 0 spiro atoms. The molecule has 170 valence electrons. The van der Waals surface area contributed by atoms with Crippen LogP contribution in [0.2, 0.25) is 5.02 Å². The summed E-state index contributed by atoms with van der Waals surface area (Å²) in [5, 5.41) is 1.08. The van der Waals surface area contributed by atoms with Gasteiger partial charge in [-0.1, -0.05) is 63.9 Å². The number of rotatable bonds is 9. The summed E-state index contributed by atoms with van der Waals surface area (Å²) in [5.41, 5.74) is 1.13. The fourth-order valence-electron chi connectivity index (χ4n) is 4.05. The van der Waals surface area contributed by atoms with E-state index < -0.39 is 0 Å². The van der Waals surface area contributed by atoms with Crippen LogP contribution in [0.15, 0.2) is 53.3 Å². The lowest BCUT2D eigenvalue weighted by Gasteiger charge is -2.33. The first-order valence-electron chi connectivity index (χ1n) is 11.4. The number of amides is 1. The summed E-state index contributed by atoms with van der Waals surface area (Å²) < 4.78 is 1.63. The summed E-state index contributed by atoms with van der Waals surface area (Å²) in [7, 11) is 0. The topological polar surface area (TPSA) is 55.2 Å². The first-order chi connectivity index (χ1) is 15.4. The fourth-order valence-corrected chi connectivity index (χ4v) is 4.23. The number of hydrogen-bond acceptors (Lipinski definition) is 3. The number of halogens is 1. The first-order valence-corrected chi connectivity index (χ1v) is 11.8. The van der Waals surface area contributed by atoms with Crippen LogP contribution in [-0.4, -0.2) is 26.9 Å². The number of hydrogen-bond donors (Lipinski definition) is 0. The Balaban J connectivity index is 2.26. The lowest BCUT2D eigenvalue weighted by Crippen LogP contribution is -2.40. The Morgan fingerprint density at radius 1 is 1.12 bits per heavy atom. The number of para-hydroxylation sites is 1. The molecule has 5 nitrogen and oxygen atoms in total. The highest BCUT2D eigenvalue weighted by Gasteiger charge is 2.29. The van der Waals surface area contributed by atoms with Gasteiger partial charge in [0.2, 0.25) is 5.91 Å². The van der Waals surface area contributed by atoms with Gasteiger partial charge < -0.3 is 4.90 Å². The van der Waals surface area contributed by atoms with E-state index in [1.807, 2.05) is 42.2 Å². The van der Waals surface area contributed by atoms with Crippen LogP contribution in [0.3, 0.4) is 0 Å².